The van der Waals surface area contributed by atoms with Gasteiger partial charge < -0.3 is 5.32 Å². The second-order valence-corrected chi connectivity index (χ2v) is 7.55. The molecule has 1 fully saturated rings. The van der Waals surface area contributed by atoms with Crippen LogP contribution >= 0.6 is 23.2 Å². The minimum atomic E-state index is 0.0322. The van der Waals surface area contributed by atoms with Crippen molar-refractivity contribution in [2.45, 2.75) is 13.5 Å². The molecule has 0 atom stereocenters. The smallest absolute Gasteiger partial charge is 0.238 e. The summed E-state index contributed by atoms with van der Waals surface area (Å²) in [4.78, 5) is 16.8. The van der Waals surface area contributed by atoms with Crippen LogP contribution in [0.3, 0.4) is 0 Å². The Morgan fingerprint density at radius 1 is 1.04 bits per heavy atom. The highest BCUT2D eigenvalue weighted by Gasteiger charge is 2.19. The fourth-order valence-electron chi connectivity index (χ4n) is 3.12. The Morgan fingerprint density at radius 3 is 2.46 bits per heavy atom. The number of carbonyl (C=O) groups excluding carboxylic acids is 1. The van der Waals surface area contributed by atoms with Gasteiger partial charge in [-0.2, -0.15) is 0 Å². The standard InChI is InChI=1S/C20H23Cl2N3O/c1-15-3-2-4-18(11-15)23-20(26)14-25-9-7-24(8-10-25)13-16-5-6-17(21)12-19(16)22/h2-6,11-12H,7-10,13-14H2,1H3,(H,23,26). The summed E-state index contributed by atoms with van der Waals surface area (Å²) in [6.07, 6.45) is 0. The molecule has 3 rings (SSSR count). The summed E-state index contributed by atoms with van der Waals surface area (Å²) in [6.45, 7) is 6.80. The number of aryl methyl sites for hydroxylation is 1. The van der Waals surface area contributed by atoms with Crippen molar-refractivity contribution in [3.8, 4) is 0 Å². The third-order valence-electron chi connectivity index (χ3n) is 4.54. The van der Waals surface area contributed by atoms with Crippen molar-refractivity contribution in [3.05, 3.63) is 63.6 Å². The number of benzene rings is 2. The van der Waals surface area contributed by atoms with Crippen LogP contribution < -0.4 is 5.32 Å². The number of halogens is 2. The van der Waals surface area contributed by atoms with E-state index in [4.69, 9.17) is 23.2 Å². The molecule has 1 aliphatic heterocycles. The van der Waals surface area contributed by atoms with Crippen molar-refractivity contribution in [2.75, 3.05) is 38.0 Å². The summed E-state index contributed by atoms with van der Waals surface area (Å²) in [6, 6.07) is 13.5. The summed E-state index contributed by atoms with van der Waals surface area (Å²) >= 11 is 12.2. The first-order chi connectivity index (χ1) is 12.5. The number of rotatable bonds is 5. The number of hydrogen-bond donors (Lipinski definition) is 1. The summed E-state index contributed by atoms with van der Waals surface area (Å²) in [5.74, 6) is 0.0322. The summed E-state index contributed by atoms with van der Waals surface area (Å²) < 4.78 is 0. The van der Waals surface area contributed by atoms with Gasteiger partial charge in [0.05, 0.1) is 6.54 Å². The average Bonchev–Trinajstić information content (AvgIpc) is 2.59. The number of piperazine rings is 1. The maximum absolute atomic E-state index is 12.2. The van der Waals surface area contributed by atoms with E-state index in [9.17, 15) is 4.79 Å². The molecule has 1 N–H and O–H groups in total. The largest absolute Gasteiger partial charge is 0.325 e. The number of nitrogens with zero attached hydrogens (tertiary/aromatic N) is 2. The highest BCUT2D eigenvalue weighted by Crippen LogP contribution is 2.22. The van der Waals surface area contributed by atoms with Crippen molar-refractivity contribution >= 4 is 34.8 Å². The minimum absolute atomic E-state index is 0.0322. The van der Waals surface area contributed by atoms with Gasteiger partial charge in [-0.15, -0.1) is 0 Å². The Kier molecular flexibility index (Phi) is 6.54. The molecule has 0 radical (unpaired) electrons. The Hall–Kier alpha value is -1.59. The van der Waals surface area contributed by atoms with Crippen LogP contribution in [0.1, 0.15) is 11.1 Å². The molecule has 0 unspecified atom stereocenters. The van der Waals surface area contributed by atoms with Gasteiger partial charge in [0.2, 0.25) is 5.91 Å². The zero-order valence-electron chi connectivity index (χ0n) is 14.8. The molecule has 0 saturated carbocycles. The molecule has 1 saturated heterocycles. The van der Waals surface area contributed by atoms with E-state index >= 15 is 0 Å². The van der Waals surface area contributed by atoms with E-state index in [2.05, 4.69) is 15.1 Å². The van der Waals surface area contributed by atoms with Gasteiger partial charge in [0, 0.05) is 48.5 Å². The van der Waals surface area contributed by atoms with E-state index in [0.717, 1.165) is 49.5 Å². The van der Waals surface area contributed by atoms with Crippen LogP contribution in [0.25, 0.3) is 0 Å². The highest BCUT2D eigenvalue weighted by atomic mass is 35.5. The molecule has 138 valence electrons. The van der Waals surface area contributed by atoms with Gasteiger partial charge in [0.25, 0.3) is 0 Å². The third-order valence-corrected chi connectivity index (χ3v) is 5.13. The van der Waals surface area contributed by atoms with Gasteiger partial charge in [-0.3, -0.25) is 14.6 Å². The van der Waals surface area contributed by atoms with Crippen LogP contribution in [-0.2, 0) is 11.3 Å². The van der Waals surface area contributed by atoms with Crippen LogP contribution in [0.15, 0.2) is 42.5 Å². The third kappa shape index (κ3) is 5.45. The predicted octanol–water partition coefficient (Wildman–Crippen LogP) is 4.06. The summed E-state index contributed by atoms with van der Waals surface area (Å²) in [7, 11) is 0. The van der Waals surface area contributed by atoms with E-state index in [0.29, 0.717) is 16.6 Å². The Balaban J connectivity index is 1.45. The van der Waals surface area contributed by atoms with Crippen LogP contribution in [0, 0.1) is 6.92 Å². The van der Waals surface area contributed by atoms with Gasteiger partial charge in [-0.25, -0.2) is 0 Å². The van der Waals surface area contributed by atoms with Crippen LogP contribution in [0.5, 0.6) is 0 Å². The molecule has 4 nitrogen and oxygen atoms in total. The molecule has 2 aromatic carbocycles. The van der Waals surface area contributed by atoms with Crippen molar-refractivity contribution in [2.24, 2.45) is 0 Å². The summed E-state index contributed by atoms with van der Waals surface area (Å²) in [5, 5.41) is 4.33. The zero-order valence-corrected chi connectivity index (χ0v) is 16.4. The first kappa shape index (κ1) is 19.2. The van der Waals surface area contributed by atoms with Crippen LogP contribution in [0.4, 0.5) is 5.69 Å². The first-order valence-electron chi connectivity index (χ1n) is 8.75. The van der Waals surface area contributed by atoms with Gasteiger partial charge in [-0.05, 0) is 42.3 Å². The number of hydrogen-bond acceptors (Lipinski definition) is 3. The lowest BCUT2D eigenvalue weighted by atomic mass is 10.2. The predicted molar refractivity (Wildman–Crippen MR) is 108 cm³/mol. The Morgan fingerprint density at radius 2 is 1.77 bits per heavy atom. The fourth-order valence-corrected chi connectivity index (χ4v) is 3.59. The maximum atomic E-state index is 12.2. The van der Waals surface area contributed by atoms with Crippen molar-refractivity contribution in [1.29, 1.82) is 0 Å². The molecule has 2 aromatic rings. The molecule has 1 amide bonds. The van der Waals surface area contributed by atoms with E-state index in [-0.39, 0.29) is 5.91 Å². The SMILES string of the molecule is Cc1cccc(NC(=O)CN2CCN(Cc3ccc(Cl)cc3Cl)CC2)c1. The van der Waals surface area contributed by atoms with Crippen LogP contribution in [-0.4, -0.2) is 48.4 Å². The highest BCUT2D eigenvalue weighted by molar-refractivity contribution is 6.35. The van der Waals surface area contributed by atoms with Crippen molar-refractivity contribution < 1.29 is 4.79 Å². The molecule has 26 heavy (non-hydrogen) atoms. The molecule has 0 aromatic heterocycles. The minimum Gasteiger partial charge on any atom is -0.325 e. The van der Waals surface area contributed by atoms with E-state index in [1.165, 1.54) is 0 Å². The lowest BCUT2D eigenvalue weighted by molar-refractivity contribution is -0.117. The van der Waals surface area contributed by atoms with Gasteiger partial charge in [0.15, 0.2) is 0 Å². The van der Waals surface area contributed by atoms with E-state index in [1.54, 1.807) is 6.07 Å². The zero-order chi connectivity index (χ0) is 18.5. The van der Waals surface area contributed by atoms with Gasteiger partial charge >= 0.3 is 0 Å². The molecule has 0 aliphatic carbocycles. The molecule has 1 heterocycles. The van der Waals surface area contributed by atoms with Crippen molar-refractivity contribution in [3.63, 3.8) is 0 Å². The molecule has 0 spiro atoms. The van der Waals surface area contributed by atoms with Gasteiger partial charge in [0.1, 0.15) is 0 Å². The molecular formula is C20H23Cl2N3O. The molecule has 0 bridgehead atoms. The first-order valence-corrected chi connectivity index (χ1v) is 9.50. The molecule has 1 aliphatic rings. The topological polar surface area (TPSA) is 35.6 Å². The summed E-state index contributed by atoms with van der Waals surface area (Å²) in [5.41, 5.74) is 3.07. The lowest BCUT2D eigenvalue weighted by Crippen LogP contribution is -2.48. The second kappa shape index (κ2) is 8.87. The number of carbonyl (C=O) groups is 1. The quantitative estimate of drug-likeness (QED) is 0.834. The fraction of sp³-hybridized carbons (Fsp3) is 0.350. The molecule has 6 heteroatoms. The second-order valence-electron chi connectivity index (χ2n) is 6.71. The van der Waals surface area contributed by atoms with Crippen molar-refractivity contribution in [1.82, 2.24) is 9.80 Å². The maximum Gasteiger partial charge on any atom is 0.238 e. The Bertz CT molecular complexity index is 773. The number of amides is 1. The molecular weight excluding hydrogens is 369 g/mol. The normalized spacial score (nSPS) is 15.8. The Labute approximate surface area is 164 Å². The van der Waals surface area contributed by atoms with E-state index < -0.39 is 0 Å². The van der Waals surface area contributed by atoms with E-state index in [1.807, 2.05) is 43.3 Å². The van der Waals surface area contributed by atoms with Crippen LogP contribution in [0.2, 0.25) is 10.0 Å². The van der Waals surface area contributed by atoms with Gasteiger partial charge in [-0.1, -0.05) is 41.4 Å². The monoisotopic (exact) mass is 391 g/mol. The number of anilines is 1. The average molecular weight is 392 g/mol. The number of nitrogens with one attached hydrogen (secondary N) is 1. The lowest BCUT2D eigenvalue weighted by Gasteiger charge is -2.34.